The number of rotatable bonds is 4. The van der Waals surface area contributed by atoms with E-state index >= 15 is 0 Å². The van der Waals surface area contributed by atoms with Crippen LogP contribution >= 0.6 is 11.3 Å². The standard InChI is InChI=1S/C14H25N3S/c1-4-8-15-14(13-16-12(2)11-18-13)6-5-9-17(3)10-7-14/h11,15H,4-10H2,1-3H3. The molecule has 1 aliphatic heterocycles. The Bertz CT molecular complexity index is 373. The normalized spacial score (nSPS) is 26.2. The van der Waals surface area contributed by atoms with Gasteiger partial charge in [0, 0.05) is 17.6 Å². The molecule has 1 aliphatic rings. The van der Waals surface area contributed by atoms with Gasteiger partial charge in [-0.15, -0.1) is 11.3 Å². The molecule has 2 rings (SSSR count). The molecule has 4 heteroatoms. The number of aromatic nitrogens is 1. The summed E-state index contributed by atoms with van der Waals surface area (Å²) in [5.74, 6) is 0. The quantitative estimate of drug-likeness (QED) is 0.909. The van der Waals surface area contributed by atoms with Crippen LogP contribution in [-0.2, 0) is 5.54 Å². The Kier molecular flexibility index (Phi) is 4.76. The second kappa shape index (κ2) is 6.13. The monoisotopic (exact) mass is 267 g/mol. The summed E-state index contributed by atoms with van der Waals surface area (Å²) in [5, 5.41) is 7.27. The van der Waals surface area contributed by atoms with Crippen LogP contribution in [0.3, 0.4) is 0 Å². The summed E-state index contributed by atoms with van der Waals surface area (Å²) in [5.41, 5.74) is 1.28. The Morgan fingerprint density at radius 1 is 1.44 bits per heavy atom. The first-order valence-electron chi connectivity index (χ1n) is 7.02. The van der Waals surface area contributed by atoms with Crippen LogP contribution in [0.2, 0.25) is 0 Å². The highest BCUT2D eigenvalue weighted by Gasteiger charge is 2.35. The average molecular weight is 267 g/mol. The van der Waals surface area contributed by atoms with Crippen LogP contribution in [0.25, 0.3) is 0 Å². The van der Waals surface area contributed by atoms with E-state index in [9.17, 15) is 0 Å². The highest BCUT2D eigenvalue weighted by atomic mass is 32.1. The number of hydrogen-bond acceptors (Lipinski definition) is 4. The van der Waals surface area contributed by atoms with Gasteiger partial charge in [0.2, 0.25) is 0 Å². The molecule has 0 saturated carbocycles. The van der Waals surface area contributed by atoms with Crippen LogP contribution in [-0.4, -0.2) is 36.6 Å². The van der Waals surface area contributed by atoms with Crippen molar-refractivity contribution in [3.63, 3.8) is 0 Å². The fourth-order valence-corrected chi connectivity index (χ4v) is 3.71. The smallest absolute Gasteiger partial charge is 0.113 e. The third-order valence-corrected chi connectivity index (χ3v) is 4.97. The molecule has 0 radical (unpaired) electrons. The predicted octanol–water partition coefficient (Wildman–Crippen LogP) is 2.76. The summed E-state index contributed by atoms with van der Waals surface area (Å²) < 4.78 is 0. The van der Waals surface area contributed by atoms with Gasteiger partial charge >= 0.3 is 0 Å². The average Bonchev–Trinajstić information content (AvgIpc) is 2.70. The maximum atomic E-state index is 4.76. The van der Waals surface area contributed by atoms with Crippen LogP contribution in [0, 0.1) is 6.92 Å². The summed E-state index contributed by atoms with van der Waals surface area (Å²) >= 11 is 1.82. The van der Waals surface area contributed by atoms with E-state index in [1.165, 1.54) is 37.2 Å². The van der Waals surface area contributed by atoms with Gasteiger partial charge in [0.1, 0.15) is 5.01 Å². The van der Waals surface area contributed by atoms with E-state index < -0.39 is 0 Å². The van der Waals surface area contributed by atoms with E-state index in [-0.39, 0.29) is 5.54 Å². The van der Waals surface area contributed by atoms with Crippen molar-refractivity contribution in [2.24, 2.45) is 0 Å². The number of thiazole rings is 1. The number of nitrogens with zero attached hydrogens (tertiary/aromatic N) is 2. The van der Waals surface area contributed by atoms with Crippen LogP contribution < -0.4 is 5.32 Å². The van der Waals surface area contributed by atoms with Gasteiger partial charge in [-0.05, 0) is 52.7 Å². The maximum Gasteiger partial charge on any atom is 0.113 e. The maximum absolute atomic E-state index is 4.76. The molecule has 0 bridgehead atoms. The first-order chi connectivity index (χ1) is 8.66. The Labute approximate surface area is 115 Å². The summed E-state index contributed by atoms with van der Waals surface area (Å²) in [6.07, 6.45) is 4.83. The van der Waals surface area contributed by atoms with Crippen molar-refractivity contribution in [3.05, 3.63) is 16.1 Å². The fourth-order valence-electron chi connectivity index (χ4n) is 2.67. The van der Waals surface area contributed by atoms with E-state index in [0.29, 0.717) is 0 Å². The third-order valence-electron chi connectivity index (χ3n) is 3.81. The molecule has 0 aliphatic carbocycles. The lowest BCUT2D eigenvalue weighted by molar-refractivity contribution is 0.279. The van der Waals surface area contributed by atoms with E-state index in [1.807, 2.05) is 11.3 Å². The number of likely N-dealkylation sites (tertiary alicyclic amines) is 1. The predicted molar refractivity (Wildman–Crippen MR) is 78.2 cm³/mol. The first kappa shape index (κ1) is 14.0. The molecule has 0 aromatic carbocycles. The van der Waals surface area contributed by atoms with Crippen LogP contribution in [0.5, 0.6) is 0 Å². The highest BCUT2D eigenvalue weighted by molar-refractivity contribution is 7.09. The summed E-state index contributed by atoms with van der Waals surface area (Å²) in [4.78, 5) is 7.20. The Morgan fingerprint density at radius 2 is 2.28 bits per heavy atom. The Balaban J connectivity index is 2.21. The van der Waals surface area contributed by atoms with E-state index in [1.54, 1.807) is 0 Å². The first-order valence-corrected chi connectivity index (χ1v) is 7.90. The molecular formula is C14H25N3S. The lowest BCUT2D eigenvalue weighted by atomic mass is 9.91. The van der Waals surface area contributed by atoms with Crippen LogP contribution in [0.4, 0.5) is 0 Å². The van der Waals surface area contributed by atoms with Crippen LogP contribution in [0.1, 0.15) is 43.3 Å². The number of nitrogens with one attached hydrogen (secondary N) is 1. The lowest BCUT2D eigenvalue weighted by Crippen LogP contribution is -2.43. The molecule has 102 valence electrons. The van der Waals surface area contributed by atoms with Gasteiger partial charge in [0.05, 0.1) is 5.54 Å². The lowest BCUT2D eigenvalue weighted by Gasteiger charge is -2.32. The van der Waals surface area contributed by atoms with Crippen molar-refractivity contribution in [1.29, 1.82) is 0 Å². The third kappa shape index (κ3) is 3.11. The SMILES string of the molecule is CCCNC1(c2nc(C)cs2)CCCN(C)CC1. The molecule has 18 heavy (non-hydrogen) atoms. The van der Waals surface area contributed by atoms with E-state index in [2.05, 4.69) is 36.5 Å². The Hall–Kier alpha value is -0.450. The molecule has 0 amide bonds. The fraction of sp³-hybridized carbons (Fsp3) is 0.786. The molecule has 1 fully saturated rings. The molecule has 2 heterocycles. The van der Waals surface area contributed by atoms with Crippen molar-refractivity contribution in [3.8, 4) is 0 Å². The van der Waals surface area contributed by atoms with Gasteiger partial charge < -0.3 is 10.2 Å². The highest BCUT2D eigenvalue weighted by Crippen LogP contribution is 2.34. The molecular weight excluding hydrogens is 242 g/mol. The van der Waals surface area contributed by atoms with E-state index in [0.717, 1.165) is 18.8 Å². The largest absolute Gasteiger partial charge is 0.306 e. The topological polar surface area (TPSA) is 28.2 Å². The van der Waals surface area contributed by atoms with Crippen molar-refractivity contribution in [2.75, 3.05) is 26.7 Å². The molecule has 1 N–H and O–H groups in total. The molecule has 1 aromatic heterocycles. The van der Waals surface area contributed by atoms with Gasteiger partial charge in [0.25, 0.3) is 0 Å². The van der Waals surface area contributed by atoms with Crippen LogP contribution in [0.15, 0.2) is 5.38 Å². The summed E-state index contributed by atoms with van der Waals surface area (Å²) in [6, 6.07) is 0. The molecule has 0 spiro atoms. The second-order valence-corrected chi connectivity index (χ2v) is 6.32. The Morgan fingerprint density at radius 3 is 2.94 bits per heavy atom. The molecule has 1 unspecified atom stereocenters. The van der Waals surface area contributed by atoms with Crippen molar-refractivity contribution in [1.82, 2.24) is 15.2 Å². The second-order valence-electron chi connectivity index (χ2n) is 5.46. The summed E-state index contributed by atoms with van der Waals surface area (Å²) in [6.45, 7) is 7.78. The van der Waals surface area contributed by atoms with Crippen molar-refractivity contribution in [2.45, 2.75) is 45.1 Å². The van der Waals surface area contributed by atoms with Gasteiger partial charge in [-0.3, -0.25) is 0 Å². The van der Waals surface area contributed by atoms with Gasteiger partial charge in [0.15, 0.2) is 0 Å². The van der Waals surface area contributed by atoms with E-state index in [4.69, 9.17) is 4.98 Å². The summed E-state index contributed by atoms with van der Waals surface area (Å²) in [7, 11) is 2.23. The van der Waals surface area contributed by atoms with Gasteiger partial charge in [-0.2, -0.15) is 0 Å². The van der Waals surface area contributed by atoms with Gasteiger partial charge in [-0.1, -0.05) is 6.92 Å². The molecule has 1 atom stereocenters. The molecule has 1 aromatic rings. The minimum absolute atomic E-state index is 0.125. The zero-order valence-electron chi connectivity index (χ0n) is 11.8. The van der Waals surface area contributed by atoms with Crippen molar-refractivity contribution >= 4 is 11.3 Å². The molecule has 1 saturated heterocycles. The zero-order valence-corrected chi connectivity index (χ0v) is 12.6. The van der Waals surface area contributed by atoms with Crippen molar-refractivity contribution < 1.29 is 0 Å². The van der Waals surface area contributed by atoms with Gasteiger partial charge in [-0.25, -0.2) is 4.98 Å². The number of hydrogen-bond donors (Lipinski definition) is 1. The minimum Gasteiger partial charge on any atom is -0.306 e. The molecule has 3 nitrogen and oxygen atoms in total. The zero-order chi connectivity index (χ0) is 13.0. The minimum atomic E-state index is 0.125. The number of aryl methyl sites for hydroxylation is 1.